The van der Waals surface area contributed by atoms with E-state index in [0.29, 0.717) is 29.3 Å². The van der Waals surface area contributed by atoms with Gasteiger partial charge in [0.2, 0.25) is 0 Å². The van der Waals surface area contributed by atoms with Crippen molar-refractivity contribution in [1.29, 1.82) is 0 Å². The Labute approximate surface area is 114 Å². The number of hydrogen-bond acceptors (Lipinski definition) is 3. The Balaban J connectivity index is 2.68. The summed E-state index contributed by atoms with van der Waals surface area (Å²) in [6.07, 6.45) is 2.48. The lowest BCUT2D eigenvalue weighted by molar-refractivity contribution is -0.383. The molecule has 19 heavy (non-hydrogen) atoms. The first-order chi connectivity index (χ1) is 9.04. The van der Waals surface area contributed by atoms with Gasteiger partial charge in [-0.1, -0.05) is 6.92 Å². The lowest BCUT2D eigenvalue weighted by Gasteiger charge is -2.10. The number of non-ortho nitro benzene ring substituents is 1. The molecule has 0 saturated carbocycles. The Hall–Kier alpha value is -1.75. The minimum Gasteiger partial charge on any atom is -0.258 e. The van der Waals surface area contributed by atoms with Crippen LogP contribution < -0.4 is 0 Å². The first-order valence-corrected chi connectivity index (χ1v) is 6.32. The van der Waals surface area contributed by atoms with Crippen LogP contribution in [0.4, 0.5) is 10.1 Å². The molecule has 1 atom stereocenters. The topological polar surface area (TPSA) is 56.0 Å². The first-order valence-electron chi connectivity index (χ1n) is 5.89. The van der Waals surface area contributed by atoms with Crippen LogP contribution >= 0.6 is 11.6 Å². The molecule has 0 aliphatic heterocycles. The maximum Gasteiger partial charge on any atom is 0.281 e. The van der Waals surface area contributed by atoms with E-state index >= 15 is 0 Å². The summed E-state index contributed by atoms with van der Waals surface area (Å²) in [5.41, 5.74) is 0.378. The van der Waals surface area contributed by atoms with Gasteiger partial charge in [-0.2, -0.15) is 0 Å². The number of hydrogen-bond donors (Lipinski definition) is 0. The second-order valence-electron chi connectivity index (χ2n) is 4.22. The number of rotatable bonds is 4. The summed E-state index contributed by atoms with van der Waals surface area (Å²) in [7, 11) is 0. The van der Waals surface area contributed by atoms with Crippen molar-refractivity contribution in [3.05, 3.63) is 45.9 Å². The predicted molar refractivity (Wildman–Crippen MR) is 72.0 cm³/mol. The molecule has 0 fully saturated rings. The average Bonchev–Trinajstić information content (AvgIpc) is 2.41. The number of benzene rings is 1. The highest BCUT2D eigenvalue weighted by Crippen LogP contribution is 2.30. The molecule has 0 radical (unpaired) electrons. The van der Waals surface area contributed by atoms with E-state index in [1.807, 2.05) is 6.92 Å². The zero-order chi connectivity index (χ0) is 14.0. The third kappa shape index (κ3) is 2.66. The van der Waals surface area contributed by atoms with Gasteiger partial charge < -0.3 is 0 Å². The molecular weight excluding hydrogens is 271 g/mol. The Morgan fingerprint density at radius 1 is 1.58 bits per heavy atom. The van der Waals surface area contributed by atoms with Crippen molar-refractivity contribution in [2.75, 3.05) is 0 Å². The molecule has 0 saturated heterocycles. The van der Waals surface area contributed by atoms with Crippen LogP contribution in [0.3, 0.4) is 0 Å². The molecule has 2 rings (SSSR count). The summed E-state index contributed by atoms with van der Waals surface area (Å²) >= 11 is 6.05. The quantitative estimate of drug-likeness (QED) is 0.486. The van der Waals surface area contributed by atoms with Gasteiger partial charge in [0.1, 0.15) is 5.82 Å². The summed E-state index contributed by atoms with van der Waals surface area (Å²) < 4.78 is 14.0. The third-order valence-corrected chi connectivity index (χ3v) is 3.45. The molecule has 1 aromatic carbocycles. The predicted octanol–water partition coefficient (Wildman–Crippen LogP) is 3.84. The summed E-state index contributed by atoms with van der Waals surface area (Å²) in [4.78, 5) is 14.4. The summed E-state index contributed by atoms with van der Waals surface area (Å²) in [6, 6.07) is 4.10. The standard InChI is InChI=1S/C13H12ClFN2O2/c1-2-8(14)6-10-11(15)7-12(17(18)19)9-4-3-5-16-13(9)10/h3-5,7-8H,2,6H2,1H3. The number of alkyl halides is 1. The number of nitrogens with zero attached hydrogens (tertiary/aromatic N) is 2. The fourth-order valence-electron chi connectivity index (χ4n) is 1.96. The average molecular weight is 283 g/mol. The van der Waals surface area contributed by atoms with Crippen LogP contribution in [0.15, 0.2) is 24.4 Å². The monoisotopic (exact) mass is 282 g/mol. The Morgan fingerprint density at radius 3 is 2.95 bits per heavy atom. The van der Waals surface area contributed by atoms with Gasteiger partial charge in [-0.15, -0.1) is 11.6 Å². The molecule has 0 amide bonds. The van der Waals surface area contributed by atoms with E-state index in [4.69, 9.17) is 11.6 Å². The molecule has 100 valence electrons. The number of nitro groups is 1. The lowest BCUT2D eigenvalue weighted by Crippen LogP contribution is -2.06. The highest BCUT2D eigenvalue weighted by atomic mass is 35.5. The maximum atomic E-state index is 14.0. The molecule has 1 heterocycles. The second-order valence-corrected chi connectivity index (χ2v) is 4.84. The molecule has 4 nitrogen and oxygen atoms in total. The molecule has 1 unspecified atom stereocenters. The largest absolute Gasteiger partial charge is 0.281 e. The molecular formula is C13H12ClFN2O2. The third-order valence-electron chi connectivity index (χ3n) is 2.99. The number of pyridine rings is 1. The van der Waals surface area contributed by atoms with E-state index in [1.54, 1.807) is 12.1 Å². The van der Waals surface area contributed by atoms with E-state index < -0.39 is 10.7 Å². The van der Waals surface area contributed by atoms with Gasteiger partial charge in [0.15, 0.2) is 0 Å². The van der Waals surface area contributed by atoms with Gasteiger partial charge in [-0.25, -0.2) is 4.39 Å². The van der Waals surface area contributed by atoms with E-state index in [9.17, 15) is 14.5 Å². The van der Waals surface area contributed by atoms with Crippen molar-refractivity contribution in [2.24, 2.45) is 0 Å². The molecule has 2 aromatic rings. The highest BCUT2D eigenvalue weighted by molar-refractivity contribution is 6.20. The Bertz CT molecular complexity index is 633. The van der Waals surface area contributed by atoms with Crippen LogP contribution in [0.25, 0.3) is 10.9 Å². The minimum absolute atomic E-state index is 0.221. The van der Waals surface area contributed by atoms with Crippen LogP contribution in [0.2, 0.25) is 0 Å². The summed E-state index contributed by atoms with van der Waals surface area (Å²) in [5.74, 6) is -0.628. The smallest absolute Gasteiger partial charge is 0.258 e. The van der Waals surface area contributed by atoms with Gasteiger partial charge in [-0.3, -0.25) is 15.1 Å². The van der Waals surface area contributed by atoms with Crippen LogP contribution in [-0.2, 0) is 6.42 Å². The van der Waals surface area contributed by atoms with Gasteiger partial charge in [0.25, 0.3) is 5.69 Å². The second kappa shape index (κ2) is 5.48. The molecule has 0 bridgehead atoms. The Kier molecular flexibility index (Phi) is 3.95. The zero-order valence-corrected chi connectivity index (χ0v) is 11.0. The number of fused-ring (bicyclic) bond motifs is 1. The number of aromatic nitrogens is 1. The van der Waals surface area contributed by atoms with Crippen molar-refractivity contribution in [3.8, 4) is 0 Å². The van der Waals surface area contributed by atoms with Crippen LogP contribution in [0.1, 0.15) is 18.9 Å². The zero-order valence-electron chi connectivity index (χ0n) is 10.3. The van der Waals surface area contributed by atoms with Crippen LogP contribution in [0.5, 0.6) is 0 Å². The first kappa shape index (κ1) is 13.7. The summed E-state index contributed by atoms with van der Waals surface area (Å²) in [5, 5.41) is 11.1. The van der Waals surface area contributed by atoms with Gasteiger partial charge in [0, 0.05) is 17.1 Å². The SMILES string of the molecule is CCC(Cl)Cc1c(F)cc([N+](=O)[O-])c2cccnc12. The van der Waals surface area contributed by atoms with Gasteiger partial charge in [0.05, 0.1) is 21.9 Å². The van der Waals surface area contributed by atoms with Gasteiger partial charge >= 0.3 is 0 Å². The fourth-order valence-corrected chi connectivity index (χ4v) is 2.12. The maximum absolute atomic E-state index is 14.0. The van der Waals surface area contributed by atoms with E-state index in [0.717, 1.165) is 6.07 Å². The Morgan fingerprint density at radius 2 is 2.32 bits per heavy atom. The molecule has 0 aliphatic rings. The van der Waals surface area contributed by atoms with Crippen molar-refractivity contribution in [1.82, 2.24) is 4.98 Å². The van der Waals surface area contributed by atoms with Crippen molar-refractivity contribution < 1.29 is 9.31 Å². The number of nitro benzene ring substituents is 1. The normalized spacial score (nSPS) is 12.6. The molecule has 0 N–H and O–H groups in total. The van der Waals surface area contributed by atoms with E-state index in [-0.39, 0.29) is 11.1 Å². The number of halogens is 2. The van der Waals surface area contributed by atoms with Crippen molar-refractivity contribution in [3.63, 3.8) is 0 Å². The fraction of sp³-hybridized carbons (Fsp3) is 0.308. The molecule has 0 aliphatic carbocycles. The highest BCUT2D eigenvalue weighted by Gasteiger charge is 2.21. The summed E-state index contributed by atoms with van der Waals surface area (Å²) in [6.45, 7) is 1.90. The van der Waals surface area contributed by atoms with E-state index in [2.05, 4.69) is 4.98 Å². The minimum atomic E-state index is -0.628. The van der Waals surface area contributed by atoms with Crippen LogP contribution in [-0.4, -0.2) is 15.3 Å². The lowest BCUT2D eigenvalue weighted by atomic mass is 10.0. The van der Waals surface area contributed by atoms with Crippen molar-refractivity contribution in [2.45, 2.75) is 25.1 Å². The van der Waals surface area contributed by atoms with Crippen LogP contribution in [0, 0.1) is 15.9 Å². The van der Waals surface area contributed by atoms with E-state index in [1.165, 1.54) is 6.20 Å². The molecule has 6 heteroatoms. The molecule has 0 spiro atoms. The van der Waals surface area contributed by atoms with Gasteiger partial charge in [-0.05, 0) is 25.0 Å². The van der Waals surface area contributed by atoms with Crippen molar-refractivity contribution >= 4 is 28.2 Å². The molecule has 1 aromatic heterocycles.